The normalized spacial score (nSPS) is 9.50. The molecule has 3 nitrogen and oxygen atoms in total. The zero-order valence-electron chi connectivity index (χ0n) is 7.07. The number of aromatic nitrogens is 1. The molecule has 0 aromatic carbocycles. The van der Waals surface area contributed by atoms with Crippen LogP contribution < -0.4 is 28.5 Å². The second-order valence-electron chi connectivity index (χ2n) is 2.22. The molecule has 0 aliphatic rings. The Morgan fingerprint density at radius 3 is 2.92 bits per heavy atom. The molecule has 1 rings (SSSR count). The number of oxime groups is 1. The van der Waals surface area contributed by atoms with Gasteiger partial charge in [0.2, 0.25) is 0 Å². The molecule has 12 heavy (non-hydrogen) atoms. The van der Waals surface area contributed by atoms with Crippen molar-refractivity contribution < 1.29 is 33.4 Å². The van der Waals surface area contributed by atoms with Crippen LogP contribution >= 0.6 is 0 Å². The summed E-state index contributed by atoms with van der Waals surface area (Å²) in [6.07, 6.45) is 5.59. The fraction of sp³-hybridized carbons (Fsp3) is 0.250. The maximum absolute atomic E-state index is 4.55. The number of pyridine rings is 1. The molecule has 1 aromatic rings. The number of nitrogens with zero attached hydrogens (tertiary/aromatic N) is 2. The third-order valence-corrected chi connectivity index (χ3v) is 1.27. The number of hydrogen-bond acceptors (Lipinski definition) is 2. The largest absolute Gasteiger partial charge is 1.00 e. The Morgan fingerprint density at radius 1 is 1.58 bits per heavy atom. The van der Waals surface area contributed by atoms with Crippen LogP contribution in [0.5, 0.6) is 0 Å². The van der Waals surface area contributed by atoms with Crippen molar-refractivity contribution in [1.29, 1.82) is 0 Å². The van der Waals surface area contributed by atoms with Crippen molar-refractivity contribution in [3.05, 3.63) is 30.1 Å². The Bertz CT molecular complexity index is 263. The van der Waals surface area contributed by atoms with E-state index in [1.165, 1.54) is 7.11 Å². The van der Waals surface area contributed by atoms with Crippen LogP contribution in [0.1, 0.15) is 5.56 Å². The minimum atomic E-state index is 0. The summed E-state index contributed by atoms with van der Waals surface area (Å²) < 4.78 is 1.96. The van der Waals surface area contributed by atoms with E-state index >= 15 is 0 Å². The van der Waals surface area contributed by atoms with E-state index in [1.54, 1.807) is 6.21 Å². The fourth-order valence-corrected chi connectivity index (χ4v) is 0.801. The summed E-state index contributed by atoms with van der Waals surface area (Å²) in [4.78, 5) is 4.55. The van der Waals surface area contributed by atoms with E-state index in [2.05, 4.69) is 9.99 Å². The van der Waals surface area contributed by atoms with Crippen LogP contribution in [0.4, 0.5) is 0 Å². The molecule has 1 heterocycles. The summed E-state index contributed by atoms with van der Waals surface area (Å²) in [5.41, 5.74) is 1.02. The van der Waals surface area contributed by atoms with E-state index < -0.39 is 0 Å². The van der Waals surface area contributed by atoms with Gasteiger partial charge in [-0.05, 0) is 6.07 Å². The zero-order valence-corrected chi connectivity index (χ0v) is 9.22. The van der Waals surface area contributed by atoms with Gasteiger partial charge in [0.05, 0.1) is 11.8 Å². The fourth-order valence-electron chi connectivity index (χ4n) is 0.801. The van der Waals surface area contributed by atoms with Crippen molar-refractivity contribution in [2.75, 3.05) is 7.11 Å². The molecule has 0 unspecified atom stereocenters. The molecule has 0 saturated carbocycles. The lowest BCUT2D eigenvalue weighted by atomic mass is 10.3. The van der Waals surface area contributed by atoms with E-state index in [9.17, 15) is 0 Å². The zero-order chi connectivity index (χ0) is 8.10. The topological polar surface area (TPSA) is 25.5 Å². The van der Waals surface area contributed by atoms with Crippen molar-refractivity contribution in [2.24, 2.45) is 12.2 Å². The van der Waals surface area contributed by atoms with E-state index in [0.29, 0.717) is 0 Å². The third-order valence-electron chi connectivity index (χ3n) is 1.27. The van der Waals surface area contributed by atoms with Gasteiger partial charge < -0.3 is 28.8 Å². The number of hydrogen-bond donors (Lipinski definition) is 0. The highest BCUT2D eigenvalue weighted by Gasteiger charge is 1.92. The molecule has 0 fully saturated rings. The molecular weight excluding hydrogens is 267 g/mol. The summed E-state index contributed by atoms with van der Waals surface area (Å²) in [5.74, 6) is 0. The first kappa shape index (κ1) is 11.4. The average Bonchev–Trinajstić information content (AvgIpc) is 2.01. The third kappa shape index (κ3) is 3.66. The van der Waals surface area contributed by atoms with Gasteiger partial charge in [0.15, 0.2) is 12.4 Å². The lowest BCUT2D eigenvalue weighted by Crippen LogP contribution is -3.00. The van der Waals surface area contributed by atoms with Crippen LogP contribution in [-0.4, -0.2) is 13.3 Å². The quantitative estimate of drug-likeness (QED) is 0.254. The van der Waals surface area contributed by atoms with Crippen molar-refractivity contribution in [3.63, 3.8) is 0 Å². The van der Waals surface area contributed by atoms with Gasteiger partial charge in [-0.3, -0.25) is 0 Å². The Balaban J connectivity index is 0.00000121. The van der Waals surface area contributed by atoms with Gasteiger partial charge in [-0.25, -0.2) is 4.57 Å². The van der Waals surface area contributed by atoms with Crippen LogP contribution in [0.3, 0.4) is 0 Å². The SMILES string of the molecule is CON=Cc1ccc[n+](C)c1.[I-]. The Hall–Kier alpha value is -0.650. The van der Waals surface area contributed by atoms with Crippen LogP contribution in [-0.2, 0) is 11.9 Å². The van der Waals surface area contributed by atoms with Crippen molar-refractivity contribution in [1.82, 2.24) is 0 Å². The van der Waals surface area contributed by atoms with Gasteiger partial charge >= 0.3 is 0 Å². The van der Waals surface area contributed by atoms with Crippen LogP contribution in [0.25, 0.3) is 0 Å². The molecule has 0 amide bonds. The summed E-state index contributed by atoms with van der Waals surface area (Å²) in [5, 5.41) is 3.64. The van der Waals surface area contributed by atoms with Crippen molar-refractivity contribution >= 4 is 6.21 Å². The predicted octanol–water partition coefficient (Wildman–Crippen LogP) is -2.50. The van der Waals surface area contributed by atoms with Gasteiger partial charge in [0.25, 0.3) is 0 Å². The average molecular weight is 278 g/mol. The number of rotatable bonds is 2. The monoisotopic (exact) mass is 278 g/mol. The molecule has 0 atom stereocenters. The van der Waals surface area contributed by atoms with Crippen LogP contribution in [0, 0.1) is 0 Å². The highest BCUT2D eigenvalue weighted by atomic mass is 127. The van der Waals surface area contributed by atoms with Gasteiger partial charge in [-0.2, -0.15) is 0 Å². The second kappa shape index (κ2) is 5.93. The maximum atomic E-state index is 4.55. The first-order chi connectivity index (χ1) is 5.33. The molecular formula is C8H11IN2O. The van der Waals surface area contributed by atoms with Gasteiger partial charge in [-0.15, -0.1) is 0 Å². The highest BCUT2D eigenvalue weighted by molar-refractivity contribution is 5.77. The molecule has 4 heteroatoms. The molecule has 0 aliphatic heterocycles. The highest BCUT2D eigenvalue weighted by Crippen LogP contribution is 1.88. The molecule has 0 aliphatic carbocycles. The van der Waals surface area contributed by atoms with Crippen molar-refractivity contribution in [3.8, 4) is 0 Å². The van der Waals surface area contributed by atoms with E-state index in [1.807, 2.05) is 36.1 Å². The molecule has 0 saturated heterocycles. The Morgan fingerprint density at radius 2 is 2.33 bits per heavy atom. The number of aryl methyl sites for hydroxylation is 1. The van der Waals surface area contributed by atoms with Gasteiger partial charge in [0, 0.05) is 6.07 Å². The van der Waals surface area contributed by atoms with E-state index in [0.717, 1.165) is 5.56 Å². The predicted molar refractivity (Wildman–Crippen MR) is 42.2 cm³/mol. The molecule has 0 spiro atoms. The van der Waals surface area contributed by atoms with E-state index in [4.69, 9.17) is 0 Å². The van der Waals surface area contributed by atoms with Gasteiger partial charge in [-0.1, -0.05) is 5.16 Å². The molecule has 66 valence electrons. The molecule has 0 radical (unpaired) electrons. The molecule has 0 bridgehead atoms. The summed E-state index contributed by atoms with van der Waals surface area (Å²) in [6, 6.07) is 3.92. The smallest absolute Gasteiger partial charge is 0.177 e. The van der Waals surface area contributed by atoms with Crippen LogP contribution in [0.2, 0.25) is 0 Å². The van der Waals surface area contributed by atoms with Gasteiger partial charge in [0.1, 0.15) is 14.2 Å². The molecule has 1 aromatic heterocycles. The summed E-state index contributed by atoms with van der Waals surface area (Å²) >= 11 is 0. The lowest BCUT2D eigenvalue weighted by Gasteiger charge is -1.88. The van der Waals surface area contributed by atoms with E-state index in [-0.39, 0.29) is 24.0 Å². The maximum Gasteiger partial charge on any atom is 0.177 e. The number of halogens is 1. The first-order valence-electron chi connectivity index (χ1n) is 3.35. The first-order valence-corrected chi connectivity index (χ1v) is 3.35. The second-order valence-corrected chi connectivity index (χ2v) is 2.22. The van der Waals surface area contributed by atoms with Crippen molar-refractivity contribution in [2.45, 2.75) is 0 Å². The summed E-state index contributed by atoms with van der Waals surface area (Å²) in [6.45, 7) is 0. The van der Waals surface area contributed by atoms with Crippen LogP contribution in [0.15, 0.2) is 29.7 Å². The Labute approximate surface area is 89.1 Å². The Kier molecular flexibility index (Phi) is 5.61. The molecule has 0 N–H and O–H groups in total. The lowest BCUT2D eigenvalue weighted by molar-refractivity contribution is -0.671. The standard InChI is InChI=1S/C8H11N2O.HI/c1-10-5-3-4-8(7-10)6-9-11-2;/h3-7H,1-2H3;1H/q+1;/p-1. The summed E-state index contributed by atoms with van der Waals surface area (Å²) in [7, 11) is 3.49. The minimum absolute atomic E-state index is 0. The minimum Gasteiger partial charge on any atom is -1.00 e.